The fraction of sp³-hybridized carbons (Fsp3) is 0.250. The first-order valence-electron chi connectivity index (χ1n) is 6.70. The Morgan fingerprint density at radius 3 is 2.45 bits per heavy atom. The van der Waals surface area contributed by atoms with Gasteiger partial charge in [0.1, 0.15) is 16.4 Å². The Labute approximate surface area is 130 Å². The first-order chi connectivity index (χ1) is 10.3. The largest absolute Gasteiger partial charge is 0.507 e. The lowest BCUT2D eigenvalue weighted by Crippen LogP contribution is -2.22. The maximum atomic E-state index is 13.0. The molecule has 0 saturated heterocycles. The number of rotatable bonds is 2. The van der Waals surface area contributed by atoms with Crippen molar-refractivity contribution >= 4 is 22.9 Å². The predicted molar refractivity (Wildman–Crippen MR) is 82.0 cm³/mol. The molecule has 3 rings (SSSR count). The Morgan fingerprint density at radius 2 is 1.91 bits per heavy atom. The van der Waals surface area contributed by atoms with E-state index in [0.29, 0.717) is 10.7 Å². The molecule has 0 bridgehead atoms. The third-order valence-electron chi connectivity index (χ3n) is 3.48. The van der Waals surface area contributed by atoms with Gasteiger partial charge in [-0.15, -0.1) is 11.3 Å². The molecule has 114 valence electrons. The van der Waals surface area contributed by atoms with Crippen LogP contribution in [0.4, 0.5) is 4.39 Å². The van der Waals surface area contributed by atoms with Crippen molar-refractivity contribution in [2.24, 2.45) is 0 Å². The van der Waals surface area contributed by atoms with Gasteiger partial charge >= 0.3 is 5.97 Å². The van der Waals surface area contributed by atoms with Gasteiger partial charge in [-0.3, -0.25) is 0 Å². The highest BCUT2D eigenvalue weighted by Gasteiger charge is 2.42. The molecule has 6 heteroatoms. The van der Waals surface area contributed by atoms with Crippen LogP contribution in [0.2, 0.25) is 0 Å². The summed E-state index contributed by atoms with van der Waals surface area (Å²) in [5.74, 6) is -1.02. The number of carbonyl (C=O) groups excluding carboxylic acids is 1. The van der Waals surface area contributed by atoms with E-state index in [4.69, 9.17) is 4.74 Å². The molecule has 1 aromatic carbocycles. The summed E-state index contributed by atoms with van der Waals surface area (Å²) in [7, 11) is 0. The average Bonchev–Trinajstić information content (AvgIpc) is 2.89. The number of cyclic esters (lactones) is 1. The van der Waals surface area contributed by atoms with Gasteiger partial charge in [0.05, 0.1) is 5.69 Å². The number of benzene rings is 1. The van der Waals surface area contributed by atoms with Crippen molar-refractivity contribution in [2.45, 2.75) is 26.4 Å². The van der Waals surface area contributed by atoms with E-state index in [1.165, 1.54) is 23.5 Å². The molecule has 0 unspecified atom stereocenters. The number of nitrogens with zero attached hydrogens (tertiary/aromatic N) is 1. The molecule has 0 aliphatic carbocycles. The summed E-state index contributed by atoms with van der Waals surface area (Å²) in [6.45, 7) is 5.06. The number of ether oxygens (including phenoxy) is 1. The number of hydrogen-bond donors (Lipinski definition) is 1. The lowest BCUT2D eigenvalue weighted by atomic mass is 10.0. The summed E-state index contributed by atoms with van der Waals surface area (Å²) < 4.78 is 18.2. The van der Waals surface area contributed by atoms with E-state index in [9.17, 15) is 14.3 Å². The molecule has 1 aromatic heterocycles. The molecule has 0 amide bonds. The van der Waals surface area contributed by atoms with Crippen molar-refractivity contribution in [3.8, 4) is 10.6 Å². The molecule has 2 heterocycles. The number of carbonyl (C=O) groups is 1. The molecular formula is C16H14FNO3S. The normalized spacial score (nSPS) is 17.0. The van der Waals surface area contributed by atoms with Crippen LogP contribution < -0.4 is 0 Å². The highest BCUT2D eigenvalue weighted by atomic mass is 32.1. The molecule has 4 nitrogen and oxygen atoms in total. The third kappa shape index (κ3) is 2.29. The van der Waals surface area contributed by atoms with Crippen molar-refractivity contribution in [3.05, 3.63) is 46.4 Å². The van der Waals surface area contributed by atoms with Gasteiger partial charge in [-0.1, -0.05) is 0 Å². The van der Waals surface area contributed by atoms with Crippen LogP contribution in [0.25, 0.3) is 16.1 Å². The number of hydrogen-bond acceptors (Lipinski definition) is 5. The highest BCUT2D eigenvalue weighted by Crippen LogP contribution is 2.39. The zero-order chi connectivity index (χ0) is 16.1. The zero-order valence-electron chi connectivity index (χ0n) is 12.3. The number of aryl methyl sites for hydroxylation is 1. The second kappa shape index (κ2) is 4.91. The SMILES string of the molecule is Cc1sc(-c2ccc(F)cc2)nc1C1=C(O)C(C)(C)OC1=O. The zero-order valence-corrected chi connectivity index (χ0v) is 13.1. The van der Waals surface area contributed by atoms with E-state index in [1.54, 1.807) is 26.0 Å². The molecule has 1 N–H and O–H groups in total. The van der Waals surface area contributed by atoms with Gasteiger partial charge in [0.25, 0.3) is 0 Å². The van der Waals surface area contributed by atoms with E-state index < -0.39 is 11.6 Å². The van der Waals surface area contributed by atoms with Gasteiger partial charge in [-0.2, -0.15) is 0 Å². The Morgan fingerprint density at radius 1 is 1.27 bits per heavy atom. The standard InChI is InChI=1S/C16H14FNO3S/c1-8-12(11-13(19)16(2,3)21-15(11)20)18-14(22-8)9-4-6-10(17)7-5-9/h4-7,19H,1-3H3. The van der Waals surface area contributed by atoms with Crippen LogP contribution in [0, 0.1) is 12.7 Å². The molecule has 22 heavy (non-hydrogen) atoms. The maximum absolute atomic E-state index is 13.0. The molecular weight excluding hydrogens is 305 g/mol. The molecule has 1 aliphatic rings. The summed E-state index contributed by atoms with van der Waals surface area (Å²) >= 11 is 1.38. The fourth-order valence-corrected chi connectivity index (χ4v) is 3.21. The number of esters is 1. The number of aliphatic hydroxyl groups excluding tert-OH is 1. The Bertz CT molecular complexity index is 790. The summed E-state index contributed by atoms with van der Waals surface area (Å²) in [6.07, 6.45) is 0. The molecule has 0 saturated carbocycles. The van der Waals surface area contributed by atoms with Crippen LogP contribution in [0.3, 0.4) is 0 Å². The van der Waals surface area contributed by atoms with E-state index in [2.05, 4.69) is 4.98 Å². The smallest absolute Gasteiger partial charge is 0.344 e. The summed E-state index contributed by atoms with van der Waals surface area (Å²) in [4.78, 5) is 17.2. The molecule has 0 spiro atoms. The molecule has 0 atom stereocenters. The van der Waals surface area contributed by atoms with Gasteiger partial charge in [0.2, 0.25) is 0 Å². The molecule has 0 fully saturated rings. The van der Waals surface area contributed by atoms with Crippen LogP contribution in [-0.4, -0.2) is 21.7 Å². The molecule has 2 aromatic rings. The monoisotopic (exact) mass is 319 g/mol. The number of aromatic nitrogens is 1. The van der Waals surface area contributed by atoms with Crippen molar-refractivity contribution < 1.29 is 19.0 Å². The third-order valence-corrected chi connectivity index (χ3v) is 4.50. The first kappa shape index (κ1) is 14.7. The van der Waals surface area contributed by atoms with E-state index >= 15 is 0 Å². The van der Waals surface area contributed by atoms with Gasteiger partial charge in [-0.25, -0.2) is 14.2 Å². The second-order valence-electron chi connectivity index (χ2n) is 5.55. The van der Waals surface area contributed by atoms with Crippen molar-refractivity contribution in [1.29, 1.82) is 0 Å². The fourth-order valence-electron chi connectivity index (χ4n) is 2.28. The van der Waals surface area contributed by atoms with E-state index in [0.717, 1.165) is 10.4 Å². The van der Waals surface area contributed by atoms with E-state index in [1.807, 2.05) is 6.92 Å². The minimum absolute atomic E-state index is 0.104. The number of halogens is 1. The Kier molecular flexibility index (Phi) is 3.29. The topological polar surface area (TPSA) is 59.4 Å². The summed E-state index contributed by atoms with van der Waals surface area (Å²) in [5, 5.41) is 10.9. The van der Waals surface area contributed by atoms with Crippen molar-refractivity contribution in [1.82, 2.24) is 4.98 Å². The Balaban J connectivity index is 2.09. The van der Waals surface area contributed by atoms with Crippen molar-refractivity contribution in [2.75, 3.05) is 0 Å². The lowest BCUT2D eigenvalue weighted by molar-refractivity contribution is -0.143. The van der Waals surface area contributed by atoms with E-state index in [-0.39, 0.29) is 17.1 Å². The van der Waals surface area contributed by atoms with Crippen molar-refractivity contribution in [3.63, 3.8) is 0 Å². The highest BCUT2D eigenvalue weighted by molar-refractivity contribution is 7.15. The number of thiazole rings is 1. The maximum Gasteiger partial charge on any atom is 0.344 e. The molecule has 0 radical (unpaired) electrons. The first-order valence-corrected chi connectivity index (χ1v) is 7.52. The quantitative estimate of drug-likeness (QED) is 0.854. The minimum Gasteiger partial charge on any atom is -0.507 e. The summed E-state index contributed by atoms with van der Waals surface area (Å²) in [6, 6.07) is 5.97. The number of aliphatic hydroxyl groups is 1. The van der Waals surface area contributed by atoms with Crippen LogP contribution in [0.15, 0.2) is 30.0 Å². The lowest BCUT2D eigenvalue weighted by Gasteiger charge is -2.16. The van der Waals surface area contributed by atoms with Gasteiger partial charge < -0.3 is 9.84 Å². The van der Waals surface area contributed by atoms with Crippen LogP contribution in [0.1, 0.15) is 24.4 Å². The summed E-state index contributed by atoms with van der Waals surface area (Å²) in [5.41, 5.74) is 0.231. The molecule has 1 aliphatic heterocycles. The van der Waals surface area contributed by atoms with Crippen LogP contribution in [-0.2, 0) is 9.53 Å². The Hall–Kier alpha value is -2.21. The van der Waals surface area contributed by atoms with Gasteiger partial charge in [0, 0.05) is 10.4 Å². The second-order valence-corrected chi connectivity index (χ2v) is 6.76. The average molecular weight is 319 g/mol. The minimum atomic E-state index is -1.04. The van der Waals surface area contributed by atoms with Crippen LogP contribution >= 0.6 is 11.3 Å². The predicted octanol–water partition coefficient (Wildman–Crippen LogP) is 3.86. The van der Waals surface area contributed by atoms with Crippen LogP contribution in [0.5, 0.6) is 0 Å². The van der Waals surface area contributed by atoms with Gasteiger partial charge in [-0.05, 0) is 45.0 Å². The van der Waals surface area contributed by atoms with Gasteiger partial charge in [0.15, 0.2) is 11.4 Å².